The smallest absolute Gasteiger partial charge is 0.239 e. The van der Waals surface area contributed by atoms with Crippen LogP contribution in [0, 0.1) is 5.92 Å². The number of pyridine rings is 1. The van der Waals surface area contributed by atoms with E-state index in [1.807, 2.05) is 12.1 Å². The van der Waals surface area contributed by atoms with Crippen molar-refractivity contribution in [2.75, 3.05) is 31.2 Å². The quantitative estimate of drug-likeness (QED) is 0.873. The molecule has 2 atom stereocenters. The van der Waals surface area contributed by atoms with E-state index in [4.69, 9.17) is 10.5 Å². The minimum absolute atomic E-state index is 0.456. The lowest BCUT2D eigenvalue weighted by atomic mass is 9.99. The molecule has 1 aliphatic rings. The summed E-state index contributed by atoms with van der Waals surface area (Å²) in [6.45, 7) is 8.23. The Morgan fingerprint density at radius 2 is 2.24 bits per heavy atom. The van der Waals surface area contributed by atoms with Crippen LogP contribution in [-0.4, -0.2) is 42.2 Å². The van der Waals surface area contributed by atoms with Gasteiger partial charge in [0, 0.05) is 18.6 Å². The standard InChI is InChI=1S/C16H28N4O/c1-11(2)10-21-16-14(17)5-6-15(19-16)18-13-7-8-20(4)12(3)9-13/h5-6,11-13H,7-10,17H2,1-4H3,(H,18,19). The van der Waals surface area contributed by atoms with E-state index < -0.39 is 0 Å². The second-order valence-electron chi connectivity index (χ2n) is 6.49. The van der Waals surface area contributed by atoms with E-state index in [1.54, 1.807) is 0 Å². The van der Waals surface area contributed by atoms with E-state index in [1.165, 1.54) is 0 Å². The van der Waals surface area contributed by atoms with E-state index in [9.17, 15) is 0 Å². The highest BCUT2D eigenvalue weighted by atomic mass is 16.5. The Hall–Kier alpha value is -1.49. The lowest BCUT2D eigenvalue weighted by Crippen LogP contribution is -2.42. The molecule has 0 amide bonds. The molecule has 1 aromatic heterocycles. The van der Waals surface area contributed by atoms with Crippen LogP contribution in [0.3, 0.4) is 0 Å². The third kappa shape index (κ3) is 4.49. The summed E-state index contributed by atoms with van der Waals surface area (Å²) in [6.07, 6.45) is 2.26. The maximum Gasteiger partial charge on any atom is 0.239 e. The van der Waals surface area contributed by atoms with E-state index in [0.29, 0.717) is 36.2 Å². The van der Waals surface area contributed by atoms with Crippen molar-refractivity contribution in [1.82, 2.24) is 9.88 Å². The van der Waals surface area contributed by atoms with Crippen molar-refractivity contribution in [3.8, 4) is 5.88 Å². The molecule has 0 spiro atoms. The number of nitrogen functional groups attached to an aromatic ring is 1. The van der Waals surface area contributed by atoms with Crippen LogP contribution in [0.15, 0.2) is 12.1 Å². The topological polar surface area (TPSA) is 63.4 Å². The summed E-state index contributed by atoms with van der Waals surface area (Å²) in [5, 5.41) is 3.51. The van der Waals surface area contributed by atoms with Crippen LogP contribution >= 0.6 is 0 Å². The first-order chi connectivity index (χ1) is 9.95. The molecule has 1 aromatic rings. The number of nitrogens with two attached hydrogens (primary N) is 1. The third-order valence-corrected chi connectivity index (χ3v) is 4.00. The van der Waals surface area contributed by atoms with Crippen LogP contribution in [0.2, 0.25) is 0 Å². The molecular weight excluding hydrogens is 264 g/mol. The summed E-state index contributed by atoms with van der Waals surface area (Å²) in [5.41, 5.74) is 6.52. The molecule has 2 rings (SSSR count). The highest BCUT2D eigenvalue weighted by molar-refractivity contribution is 5.53. The normalized spacial score (nSPS) is 23.3. The van der Waals surface area contributed by atoms with Crippen molar-refractivity contribution in [2.24, 2.45) is 5.92 Å². The van der Waals surface area contributed by atoms with Crippen molar-refractivity contribution >= 4 is 11.5 Å². The van der Waals surface area contributed by atoms with Gasteiger partial charge in [-0.05, 0) is 44.9 Å². The molecule has 5 nitrogen and oxygen atoms in total. The molecule has 0 bridgehead atoms. The average Bonchev–Trinajstić information content (AvgIpc) is 2.43. The van der Waals surface area contributed by atoms with Gasteiger partial charge in [0.2, 0.25) is 5.88 Å². The predicted molar refractivity (Wildman–Crippen MR) is 87.7 cm³/mol. The monoisotopic (exact) mass is 292 g/mol. The molecule has 21 heavy (non-hydrogen) atoms. The van der Waals surface area contributed by atoms with Gasteiger partial charge in [-0.3, -0.25) is 0 Å². The first-order valence-electron chi connectivity index (χ1n) is 7.81. The molecule has 0 radical (unpaired) electrons. The number of likely N-dealkylation sites (tertiary alicyclic amines) is 1. The van der Waals surface area contributed by atoms with Crippen molar-refractivity contribution in [2.45, 2.75) is 45.7 Å². The Bertz CT molecular complexity index is 464. The number of anilines is 2. The second-order valence-corrected chi connectivity index (χ2v) is 6.49. The van der Waals surface area contributed by atoms with E-state index in [0.717, 1.165) is 25.2 Å². The number of hydrogen-bond donors (Lipinski definition) is 2. The molecule has 0 aliphatic carbocycles. The fraction of sp³-hybridized carbons (Fsp3) is 0.688. The number of piperidine rings is 1. The summed E-state index contributed by atoms with van der Waals surface area (Å²) in [5.74, 6) is 1.84. The van der Waals surface area contributed by atoms with Crippen LogP contribution in [-0.2, 0) is 0 Å². The zero-order chi connectivity index (χ0) is 15.4. The number of nitrogens with one attached hydrogen (secondary N) is 1. The Morgan fingerprint density at radius 1 is 1.48 bits per heavy atom. The largest absolute Gasteiger partial charge is 0.476 e. The highest BCUT2D eigenvalue weighted by Crippen LogP contribution is 2.24. The molecule has 2 heterocycles. The summed E-state index contributed by atoms with van der Waals surface area (Å²) < 4.78 is 5.68. The number of nitrogens with zero attached hydrogens (tertiary/aromatic N) is 2. The average molecular weight is 292 g/mol. The Kier molecular flexibility index (Phi) is 5.28. The molecule has 1 fully saturated rings. The zero-order valence-electron chi connectivity index (χ0n) is 13.6. The van der Waals surface area contributed by atoms with Crippen LogP contribution in [0.4, 0.5) is 11.5 Å². The van der Waals surface area contributed by atoms with Gasteiger partial charge in [0.25, 0.3) is 0 Å². The summed E-state index contributed by atoms with van der Waals surface area (Å²) in [7, 11) is 2.18. The number of hydrogen-bond acceptors (Lipinski definition) is 5. The molecular formula is C16H28N4O. The van der Waals surface area contributed by atoms with Gasteiger partial charge in [-0.2, -0.15) is 4.98 Å². The summed E-state index contributed by atoms with van der Waals surface area (Å²) in [4.78, 5) is 6.91. The molecule has 0 aromatic carbocycles. The number of ether oxygens (including phenoxy) is 1. The fourth-order valence-electron chi connectivity index (χ4n) is 2.52. The van der Waals surface area contributed by atoms with Crippen molar-refractivity contribution in [3.63, 3.8) is 0 Å². The molecule has 3 N–H and O–H groups in total. The van der Waals surface area contributed by atoms with Crippen molar-refractivity contribution < 1.29 is 4.74 Å². The molecule has 1 aliphatic heterocycles. The maximum absolute atomic E-state index is 5.93. The first kappa shape index (κ1) is 15.9. The minimum atomic E-state index is 0.456. The fourth-order valence-corrected chi connectivity index (χ4v) is 2.52. The highest BCUT2D eigenvalue weighted by Gasteiger charge is 2.23. The summed E-state index contributed by atoms with van der Waals surface area (Å²) in [6, 6.07) is 4.86. The summed E-state index contributed by atoms with van der Waals surface area (Å²) >= 11 is 0. The van der Waals surface area contributed by atoms with Crippen molar-refractivity contribution in [1.29, 1.82) is 0 Å². The molecule has 0 saturated carbocycles. The van der Waals surface area contributed by atoms with Gasteiger partial charge in [0.15, 0.2) is 0 Å². The van der Waals surface area contributed by atoms with Gasteiger partial charge in [0.05, 0.1) is 12.3 Å². The van der Waals surface area contributed by atoms with Gasteiger partial charge in [0.1, 0.15) is 5.82 Å². The SMILES string of the molecule is CC(C)COc1nc(NC2CCN(C)C(C)C2)ccc1N. The van der Waals surface area contributed by atoms with Gasteiger partial charge in [-0.25, -0.2) is 0 Å². The van der Waals surface area contributed by atoms with Gasteiger partial charge >= 0.3 is 0 Å². The lowest BCUT2D eigenvalue weighted by molar-refractivity contribution is 0.190. The van der Waals surface area contributed by atoms with Crippen LogP contribution in [0.1, 0.15) is 33.6 Å². The van der Waals surface area contributed by atoms with E-state index in [2.05, 4.69) is 43.0 Å². The Labute approximate surface area is 127 Å². The third-order valence-electron chi connectivity index (χ3n) is 4.00. The zero-order valence-corrected chi connectivity index (χ0v) is 13.6. The molecule has 118 valence electrons. The number of rotatable bonds is 5. The van der Waals surface area contributed by atoms with Crippen LogP contribution in [0.25, 0.3) is 0 Å². The maximum atomic E-state index is 5.93. The molecule has 1 saturated heterocycles. The van der Waals surface area contributed by atoms with E-state index in [-0.39, 0.29) is 0 Å². The molecule has 2 unspecified atom stereocenters. The number of aromatic nitrogens is 1. The van der Waals surface area contributed by atoms with Gasteiger partial charge < -0.3 is 20.7 Å². The van der Waals surface area contributed by atoms with Gasteiger partial charge in [-0.15, -0.1) is 0 Å². The van der Waals surface area contributed by atoms with E-state index >= 15 is 0 Å². The Balaban J connectivity index is 1.98. The predicted octanol–water partition coefficient (Wildman–Crippen LogP) is 2.59. The first-order valence-corrected chi connectivity index (χ1v) is 7.81. The van der Waals surface area contributed by atoms with Crippen LogP contribution in [0.5, 0.6) is 5.88 Å². The van der Waals surface area contributed by atoms with Crippen molar-refractivity contribution in [3.05, 3.63) is 12.1 Å². The lowest BCUT2D eigenvalue weighted by Gasteiger charge is -2.35. The second kappa shape index (κ2) is 6.98. The Morgan fingerprint density at radius 3 is 2.90 bits per heavy atom. The molecule has 5 heteroatoms. The minimum Gasteiger partial charge on any atom is -0.476 e. The van der Waals surface area contributed by atoms with Crippen LogP contribution < -0.4 is 15.8 Å². The van der Waals surface area contributed by atoms with Gasteiger partial charge in [-0.1, -0.05) is 13.8 Å².